The number of benzene rings is 3. The number of carbonyl (C=O) groups excluding carboxylic acids is 2. The van der Waals surface area contributed by atoms with Gasteiger partial charge in [-0.05, 0) is 48.5 Å². The third-order valence-corrected chi connectivity index (χ3v) is 4.46. The fourth-order valence-electron chi connectivity index (χ4n) is 2.98. The van der Waals surface area contributed by atoms with Crippen molar-refractivity contribution >= 4 is 28.6 Å². The average Bonchev–Trinajstić information content (AvgIpc) is 3.17. The molecule has 1 aromatic heterocycles. The quantitative estimate of drug-likeness (QED) is 0.397. The maximum Gasteiger partial charge on any atom is 0.312 e. The summed E-state index contributed by atoms with van der Waals surface area (Å²) in [7, 11) is 0. The van der Waals surface area contributed by atoms with E-state index in [1.54, 1.807) is 42.7 Å². The molecular weight excluding hydrogens is 366 g/mol. The van der Waals surface area contributed by atoms with Crippen LogP contribution in [0.3, 0.4) is 0 Å². The first-order valence-corrected chi connectivity index (χ1v) is 9.26. The van der Waals surface area contributed by atoms with Crippen molar-refractivity contribution in [3.05, 3.63) is 90.8 Å². The normalized spacial score (nSPS) is 10.6. The highest BCUT2D eigenvalue weighted by Crippen LogP contribution is 2.18. The molecule has 3 aromatic carbocycles. The highest BCUT2D eigenvalue weighted by Gasteiger charge is 2.09. The Hall–Kier alpha value is -3.93. The summed E-state index contributed by atoms with van der Waals surface area (Å²) in [6, 6.07) is 23.5. The number of hydrogen-bond donors (Lipinski definition) is 1. The van der Waals surface area contributed by atoms with Crippen molar-refractivity contribution in [1.82, 2.24) is 9.55 Å². The van der Waals surface area contributed by atoms with Gasteiger partial charge in [0.1, 0.15) is 5.75 Å². The lowest BCUT2D eigenvalue weighted by Crippen LogP contribution is -2.12. The third-order valence-electron chi connectivity index (χ3n) is 4.46. The van der Waals surface area contributed by atoms with Crippen LogP contribution in [0.4, 0.5) is 5.69 Å². The minimum absolute atomic E-state index is 0.192. The number of hydrogen-bond acceptors (Lipinski definition) is 4. The molecule has 6 nitrogen and oxygen atoms in total. The van der Waals surface area contributed by atoms with Gasteiger partial charge in [0, 0.05) is 17.8 Å². The van der Waals surface area contributed by atoms with E-state index < -0.39 is 0 Å². The molecule has 0 fully saturated rings. The van der Waals surface area contributed by atoms with E-state index in [0.717, 1.165) is 11.0 Å². The Labute approximate surface area is 167 Å². The molecule has 29 heavy (non-hydrogen) atoms. The third kappa shape index (κ3) is 4.50. The summed E-state index contributed by atoms with van der Waals surface area (Å²) in [5.74, 6) is -0.0880. The van der Waals surface area contributed by atoms with Gasteiger partial charge < -0.3 is 14.6 Å². The van der Waals surface area contributed by atoms with Crippen LogP contribution < -0.4 is 10.1 Å². The van der Waals surface area contributed by atoms with Crippen molar-refractivity contribution in [1.29, 1.82) is 0 Å². The first kappa shape index (κ1) is 18.4. The molecule has 1 N–H and O–H groups in total. The number of para-hydroxylation sites is 2. The van der Waals surface area contributed by atoms with Crippen LogP contribution in [0, 0.1) is 0 Å². The van der Waals surface area contributed by atoms with Gasteiger partial charge in [-0.3, -0.25) is 9.59 Å². The highest BCUT2D eigenvalue weighted by atomic mass is 16.5. The highest BCUT2D eigenvalue weighted by molar-refractivity contribution is 6.04. The van der Waals surface area contributed by atoms with Crippen LogP contribution in [0.1, 0.15) is 16.8 Å². The zero-order valence-electron chi connectivity index (χ0n) is 15.6. The van der Waals surface area contributed by atoms with Gasteiger partial charge in [0.15, 0.2) is 0 Å². The summed E-state index contributed by atoms with van der Waals surface area (Å²) in [5, 5.41) is 2.81. The van der Waals surface area contributed by atoms with Crippen LogP contribution in [0.2, 0.25) is 0 Å². The maximum absolute atomic E-state index is 12.2. The fourth-order valence-corrected chi connectivity index (χ4v) is 2.98. The van der Waals surface area contributed by atoms with Crippen molar-refractivity contribution in [3.63, 3.8) is 0 Å². The van der Waals surface area contributed by atoms with Gasteiger partial charge in [-0.1, -0.05) is 30.3 Å². The molecule has 0 unspecified atom stereocenters. The number of ether oxygens (including phenoxy) is 1. The van der Waals surface area contributed by atoms with Crippen LogP contribution in [-0.2, 0) is 11.3 Å². The van der Waals surface area contributed by atoms with Crippen LogP contribution in [-0.4, -0.2) is 21.4 Å². The van der Waals surface area contributed by atoms with E-state index in [1.807, 2.05) is 47.0 Å². The summed E-state index contributed by atoms with van der Waals surface area (Å²) >= 11 is 0. The number of fused-ring (bicyclic) bond motifs is 1. The second kappa shape index (κ2) is 8.39. The molecular formula is C23H19N3O3. The summed E-state index contributed by atoms with van der Waals surface area (Å²) in [4.78, 5) is 28.6. The second-order valence-electron chi connectivity index (χ2n) is 6.50. The van der Waals surface area contributed by atoms with Gasteiger partial charge in [0.25, 0.3) is 5.91 Å². The second-order valence-corrected chi connectivity index (χ2v) is 6.50. The van der Waals surface area contributed by atoms with Crippen molar-refractivity contribution in [2.75, 3.05) is 5.32 Å². The monoisotopic (exact) mass is 385 g/mol. The Morgan fingerprint density at radius 3 is 2.41 bits per heavy atom. The van der Waals surface area contributed by atoms with Crippen molar-refractivity contribution in [2.24, 2.45) is 0 Å². The SMILES string of the molecule is O=C(CCn1cnc2ccccc21)Oc1ccc(NC(=O)c2ccccc2)cc1. The van der Waals surface area contributed by atoms with Gasteiger partial charge in [-0.2, -0.15) is 0 Å². The molecule has 0 spiro atoms. The largest absolute Gasteiger partial charge is 0.426 e. The molecule has 0 aliphatic carbocycles. The van der Waals surface area contributed by atoms with Crippen LogP contribution in [0.25, 0.3) is 11.0 Å². The molecule has 4 aromatic rings. The van der Waals surface area contributed by atoms with E-state index in [9.17, 15) is 9.59 Å². The smallest absolute Gasteiger partial charge is 0.312 e. The number of anilines is 1. The Kier molecular flexibility index (Phi) is 5.33. The average molecular weight is 385 g/mol. The van der Waals surface area contributed by atoms with E-state index in [0.29, 0.717) is 23.5 Å². The topological polar surface area (TPSA) is 73.2 Å². The molecule has 1 amide bonds. The molecule has 0 bridgehead atoms. The molecule has 0 aliphatic heterocycles. The van der Waals surface area contributed by atoms with E-state index in [1.165, 1.54) is 0 Å². The first-order valence-electron chi connectivity index (χ1n) is 9.26. The lowest BCUT2D eigenvalue weighted by molar-refractivity contribution is -0.134. The number of nitrogens with zero attached hydrogens (tertiary/aromatic N) is 2. The minimum atomic E-state index is -0.330. The summed E-state index contributed by atoms with van der Waals surface area (Å²) in [6.45, 7) is 0.491. The van der Waals surface area contributed by atoms with Crippen molar-refractivity contribution < 1.29 is 14.3 Å². The summed E-state index contributed by atoms with van der Waals surface area (Å²) in [5.41, 5.74) is 3.09. The molecule has 0 saturated carbocycles. The van der Waals surface area contributed by atoms with Crippen LogP contribution in [0.5, 0.6) is 5.75 Å². The number of amides is 1. The molecule has 6 heteroatoms. The van der Waals surface area contributed by atoms with Crippen LogP contribution >= 0.6 is 0 Å². The van der Waals surface area contributed by atoms with E-state index in [-0.39, 0.29) is 18.3 Å². The fraction of sp³-hybridized carbons (Fsp3) is 0.0870. The van der Waals surface area contributed by atoms with Crippen molar-refractivity contribution in [3.8, 4) is 5.75 Å². The molecule has 1 heterocycles. The van der Waals surface area contributed by atoms with Crippen LogP contribution in [0.15, 0.2) is 85.2 Å². The zero-order chi connectivity index (χ0) is 20.1. The standard InChI is InChI=1S/C23H19N3O3/c27-22(14-15-26-16-24-20-8-4-5-9-21(20)26)29-19-12-10-18(11-13-19)25-23(28)17-6-2-1-3-7-17/h1-13,16H,14-15H2,(H,25,28). The van der Waals surface area contributed by atoms with Crippen molar-refractivity contribution in [2.45, 2.75) is 13.0 Å². The Morgan fingerprint density at radius 2 is 1.62 bits per heavy atom. The van der Waals surface area contributed by atoms with E-state index in [4.69, 9.17) is 4.74 Å². The number of imidazole rings is 1. The van der Waals surface area contributed by atoms with Gasteiger partial charge in [-0.15, -0.1) is 0 Å². The number of rotatable bonds is 6. The summed E-state index contributed by atoms with van der Waals surface area (Å²) < 4.78 is 7.31. The van der Waals surface area contributed by atoms with Gasteiger partial charge >= 0.3 is 5.97 Å². The number of aromatic nitrogens is 2. The van der Waals surface area contributed by atoms with Gasteiger partial charge in [0.05, 0.1) is 23.8 Å². The Balaban J connectivity index is 1.31. The van der Waals surface area contributed by atoms with Gasteiger partial charge in [0.2, 0.25) is 0 Å². The predicted molar refractivity (Wildman–Crippen MR) is 111 cm³/mol. The molecule has 0 saturated heterocycles. The summed E-state index contributed by atoms with van der Waals surface area (Å²) in [6.07, 6.45) is 1.95. The van der Waals surface area contributed by atoms with E-state index in [2.05, 4.69) is 10.3 Å². The molecule has 0 radical (unpaired) electrons. The first-order chi connectivity index (χ1) is 14.2. The predicted octanol–water partition coefficient (Wildman–Crippen LogP) is 4.28. The number of esters is 1. The molecule has 4 rings (SSSR count). The maximum atomic E-state index is 12.2. The zero-order valence-corrected chi connectivity index (χ0v) is 15.6. The molecule has 144 valence electrons. The Morgan fingerprint density at radius 1 is 0.897 bits per heavy atom. The van der Waals surface area contributed by atoms with Gasteiger partial charge in [-0.25, -0.2) is 4.98 Å². The lowest BCUT2D eigenvalue weighted by atomic mass is 10.2. The Bertz CT molecular complexity index is 1130. The lowest BCUT2D eigenvalue weighted by Gasteiger charge is -2.08. The molecule has 0 aliphatic rings. The minimum Gasteiger partial charge on any atom is -0.426 e. The van der Waals surface area contributed by atoms with E-state index >= 15 is 0 Å². The number of carbonyl (C=O) groups is 2. The molecule has 0 atom stereocenters. The number of aryl methyl sites for hydroxylation is 1. The number of nitrogens with one attached hydrogen (secondary N) is 1.